The highest BCUT2D eigenvalue weighted by molar-refractivity contribution is 7.09. The van der Waals surface area contributed by atoms with Gasteiger partial charge < -0.3 is 15.4 Å². The molecule has 2 N–H and O–H groups in total. The summed E-state index contributed by atoms with van der Waals surface area (Å²) >= 11 is 1.61. The number of aromatic nitrogens is 1. The molecule has 0 aliphatic carbocycles. The summed E-state index contributed by atoms with van der Waals surface area (Å²) in [5.41, 5.74) is 1.30. The van der Waals surface area contributed by atoms with Gasteiger partial charge in [0.15, 0.2) is 0 Å². The molecule has 3 aromatic rings. The van der Waals surface area contributed by atoms with E-state index in [-0.39, 0.29) is 5.91 Å². The number of benzene rings is 1. The SMILES string of the molecule is COc1cccc(Nc2ncccc2C(=O)NCc2cccs2)c1. The lowest BCUT2D eigenvalue weighted by Gasteiger charge is -2.11. The molecule has 1 amide bonds. The van der Waals surface area contributed by atoms with Crippen LogP contribution in [0.4, 0.5) is 11.5 Å². The minimum absolute atomic E-state index is 0.165. The monoisotopic (exact) mass is 339 g/mol. The molecule has 0 saturated carbocycles. The molecule has 0 fully saturated rings. The fraction of sp³-hybridized carbons (Fsp3) is 0.111. The Hall–Kier alpha value is -2.86. The molecule has 0 bridgehead atoms. The van der Waals surface area contributed by atoms with E-state index in [4.69, 9.17) is 4.74 Å². The lowest BCUT2D eigenvalue weighted by molar-refractivity contribution is 0.0952. The van der Waals surface area contributed by atoms with Crippen molar-refractivity contribution in [2.45, 2.75) is 6.54 Å². The van der Waals surface area contributed by atoms with E-state index < -0.39 is 0 Å². The molecular formula is C18H17N3O2S. The van der Waals surface area contributed by atoms with Gasteiger partial charge in [0.05, 0.1) is 19.2 Å². The van der Waals surface area contributed by atoms with Crippen LogP contribution in [0.3, 0.4) is 0 Å². The number of hydrogen-bond donors (Lipinski definition) is 2. The summed E-state index contributed by atoms with van der Waals surface area (Å²) in [4.78, 5) is 17.9. The van der Waals surface area contributed by atoms with Crippen LogP contribution in [-0.4, -0.2) is 18.0 Å². The van der Waals surface area contributed by atoms with Gasteiger partial charge in [0, 0.05) is 22.8 Å². The number of ether oxygens (including phenoxy) is 1. The second kappa shape index (κ2) is 7.61. The number of thiophene rings is 1. The van der Waals surface area contributed by atoms with Gasteiger partial charge in [-0.15, -0.1) is 11.3 Å². The number of hydrogen-bond acceptors (Lipinski definition) is 5. The van der Waals surface area contributed by atoms with E-state index in [1.807, 2.05) is 41.8 Å². The molecule has 0 radical (unpaired) electrons. The maximum Gasteiger partial charge on any atom is 0.255 e. The third-order valence-electron chi connectivity index (χ3n) is 3.39. The summed E-state index contributed by atoms with van der Waals surface area (Å²) in [5.74, 6) is 1.08. The topological polar surface area (TPSA) is 63.2 Å². The van der Waals surface area contributed by atoms with Gasteiger partial charge in [-0.2, -0.15) is 0 Å². The van der Waals surface area contributed by atoms with Crippen molar-refractivity contribution in [3.05, 3.63) is 70.5 Å². The quantitative estimate of drug-likeness (QED) is 0.716. The Morgan fingerprint density at radius 3 is 2.92 bits per heavy atom. The van der Waals surface area contributed by atoms with E-state index in [0.29, 0.717) is 17.9 Å². The summed E-state index contributed by atoms with van der Waals surface area (Å²) < 4.78 is 5.21. The first-order valence-electron chi connectivity index (χ1n) is 7.43. The third-order valence-corrected chi connectivity index (χ3v) is 4.26. The van der Waals surface area contributed by atoms with Gasteiger partial charge in [-0.25, -0.2) is 4.98 Å². The molecule has 2 heterocycles. The van der Waals surface area contributed by atoms with E-state index in [2.05, 4.69) is 15.6 Å². The van der Waals surface area contributed by atoms with Crippen LogP contribution in [0.25, 0.3) is 0 Å². The molecule has 2 aromatic heterocycles. The fourth-order valence-electron chi connectivity index (χ4n) is 2.20. The van der Waals surface area contributed by atoms with Gasteiger partial charge in [0.25, 0.3) is 5.91 Å². The summed E-state index contributed by atoms with van der Waals surface area (Å²) in [7, 11) is 1.61. The number of carbonyl (C=O) groups excluding carboxylic acids is 1. The molecule has 0 spiro atoms. The molecule has 3 rings (SSSR count). The summed E-state index contributed by atoms with van der Waals surface area (Å²) in [5, 5.41) is 8.08. The second-order valence-corrected chi connectivity index (χ2v) is 6.05. The highest BCUT2D eigenvalue weighted by Crippen LogP contribution is 2.22. The van der Waals surface area contributed by atoms with E-state index in [9.17, 15) is 4.79 Å². The molecule has 0 saturated heterocycles. The zero-order valence-corrected chi connectivity index (χ0v) is 14.0. The van der Waals surface area contributed by atoms with Crippen LogP contribution >= 0.6 is 11.3 Å². The van der Waals surface area contributed by atoms with Gasteiger partial charge in [-0.3, -0.25) is 4.79 Å². The number of pyridine rings is 1. The number of amides is 1. The smallest absolute Gasteiger partial charge is 0.255 e. The van der Waals surface area contributed by atoms with Gasteiger partial charge in [0.1, 0.15) is 11.6 Å². The second-order valence-electron chi connectivity index (χ2n) is 5.02. The summed E-state index contributed by atoms with van der Waals surface area (Å²) in [6.45, 7) is 0.504. The van der Waals surface area contributed by atoms with Crippen molar-refractivity contribution in [3.8, 4) is 5.75 Å². The van der Waals surface area contributed by atoms with Crippen LogP contribution < -0.4 is 15.4 Å². The number of methoxy groups -OCH3 is 1. The van der Waals surface area contributed by atoms with Crippen LogP contribution in [0.1, 0.15) is 15.2 Å². The minimum Gasteiger partial charge on any atom is -0.497 e. The fourth-order valence-corrected chi connectivity index (χ4v) is 2.85. The van der Waals surface area contributed by atoms with Crippen molar-refractivity contribution >= 4 is 28.7 Å². The van der Waals surface area contributed by atoms with Gasteiger partial charge in [0.2, 0.25) is 0 Å². The van der Waals surface area contributed by atoms with Crippen molar-refractivity contribution in [1.82, 2.24) is 10.3 Å². The average Bonchev–Trinajstić information content (AvgIpc) is 3.14. The molecule has 5 nitrogen and oxygen atoms in total. The normalized spacial score (nSPS) is 10.2. The lowest BCUT2D eigenvalue weighted by atomic mass is 10.2. The zero-order valence-electron chi connectivity index (χ0n) is 13.2. The first-order valence-corrected chi connectivity index (χ1v) is 8.31. The molecule has 24 heavy (non-hydrogen) atoms. The first-order chi connectivity index (χ1) is 11.8. The molecule has 0 unspecified atom stereocenters. The van der Waals surface area contributed by atoms with Crippen molar-refractivity contribution in [3.63, 3.8) is 0 Å². The van der Waals surface area contributed by atoms with Crippen LogP contribution in [0.2, 0.25) is 0 Å². The zero-order chi connectivity index (χ0) is 16.8. The predicted molar refractivity (Wildman–Crippen MR) is 96.0 cm³/mol. The van der Waals surface area contributed by atoms with E-state index in [1.54, 1.807) is 36.8 Å². The molecule has 1 aromatic carbocycles. The predicted octanol–water partition coefficient (Wildman–Crippen LogP) is 3.83. The summed E-state index contributed by atoms with van der Waals surface area (Å²) in [6.07, 6.45) is 1.65. The van der Waals surface area contributed by atoms with E-state index in [0.717, 1.165) is 16.3 Å². The van der Waals surface area contributed by atoms with Gasteiger partial charge >= 0.3 is 0 Å². The average molecular weight is 339 g/mol. The molecule has 0 aliphatic rings. The molecule has 122 valence electrons. The Kier molecular flexibility index (Phi) is 5.08. The Morgan fingerprint density at radius 1 is 1.21 bits per heavy atom. The number of anilines is 2. The van der Waals surface area contributed by atoms with E-state index in [1.165, 1.54) is 0 Å². The Balaban J connectivity index is 1.75. The van der Waals surface area contributed by atoms with Crippen LogP contribution in [0.15, 0.2) is 60.1 Å². The first kappa shape index (κ1) is 16.0. The van der Waals surface area contributed by atoms with Crippen molar-refractivity contribution in [2.75, 3.05) is 12.4 Å². The van der Waals surface area contributed by atoms with Crippen LogP contribution in [0, 0.1) is 0 Å². The number of nitrogens with one attached hydrogen (secondary N) is 2. The van der Waals surface area contributed by atoms with E-state index >= 15 is 0 Å². The lowest BCUT2D eigenvalue weighted by Crippen LogP contribution is -2.23. The maximum absolute atomic E-state index is 12.5. The molecule has 0 aliphatic heterocycles. The highest BCUT2D eigenvalue weighted by Gasteiger charge is 2.12. The largest absolute Gasteiger partial charge is 0.497 e. The van der Waals surface area contributed by atoms with Crippen LogP contribution in [0.5, 0.6) is 5.75 Å². The van der Waals surface area contributed by atoms with Crippen molar-refractivity contribution in [2.24, 2.45) is 0 Å². The van der Waals surface area contributed by atoms with Gasteiger partial charge in [-0.05, 0) is 35.7 Å². The number of nitrogens with zero attached hydrogens (tertiary/aromatic N) is 1. The Morgan fingerprint density at radius 2 is 2.12 bits per heavy atom. The number of rotatable bonds is 6. The molecular weight excluding hydrogens is 322 g/mol. The third kappa shape index (κ3) is 3.91. The maximum atomic E-state index is 12.5. The molecule has 0 atom stereocenters. The standard InChI is InChI=1S/C18H17N3O2S/c1-23-14-6-2-5-13(11-14)21-17-16(8-3-9-19-17)18(22)20-12-15-7-4-10-24-15/h2-11H,12H2,1H3,(H,19,21)(H,20,22). The molecule has 6 heteroatoms. The number of carbonyl (C=O) groups is 1. The van der Waals surface area contributed by atoms with Crippen LogP contribution in [-0.2, 0) is 6.54 Å². The Bertz CT molecular complexity index is 819. The summed E-state index contributed by atoms with van der Waals surface area (Å²) in [6, 6.07) is 14.9. The highest BCUT2D eigenvalue weighted by atomic mass is 32.1. The Labute approximate surface area is 144 Å². The van der Waals surface area contributed by atoms with Crippen molar-refractivity contribution < 1.29 is 9.53 Å². The van der Waals surface area contributed by atoms with Gasteiger partial charge in [-0.1, -0.05) is 12.1 Å². The van der Waals surface area contributed by atoms with Crippen molar-refractivity contribution in [1.29, 1.82) is 0 Å². The minimum atomic E-state index is -0.165.